The zero-order chi connectivity index (χ0) is 8.36. The number of nitrogens with one attached hydrogen (secondary N) is 1. The van der Waals surface area contributed by atoms with Gasteiger partial charge in [0.2, 0.25) is 0 Å². The van der Waals surface area contributed by atoms with Crippen molar-refractivity contribution in [3.63, 3.8) is 0 Å². The van der Waals surface area contributed by atoms with Crippen LogP contribution in [0.25, 0.3) is 0 Å². The first-order chi connectivity index (χ1) is 4.33. The van der Waals surface area contributed by atoms with Crippen LogP contribution in [0.1, 0.15) is 20.8 Å². The number of amides is 1. The van der Waals surface area contributed by atoms with Crippen LogP contribution < -0.4 is 5.32 Å². The predicted octanol–water partition coefficient (Wildman–Crippen LogP) is 1.38. The maximum Gasteiger partial charge on any atom is 0.279 e. The van der Waals surface area contributed by atoms with Gasteiger partial charge in [0.05, 0.1) is 0 Å². The van der Waals surface area contributed by atoms with Gasteiger partial charge in [-0.3, -0.25) is 4.79 Å². The Hall–Kier alpha value is -0.860. The quantitative estimate of drug-likeness (QED) is 0.555. The molecule has 0 atom stereocenters. The van der Waals surface area contributed by atoms with Gasteiger partial charge in [-0.2, -0.15) is 0 Å². The van der Waals surface area contributed by atoms with Gasteiger partial charge in [0.1, 0.15) is 0 Å². The number of carbonyl (C=O) groups is 1. The van der Waals surface area contributed by atoms with E-state index in [0.29, 0.717) is 0 Å². The lowest BCUT2D eigenvalue weighted by Crippen LogP contribution is -2.40. The molecule has 0 spiro atoms. The van der Waals surface area contributed by atoms with E-state index >= 15 is 0 Å². The second-order valence-electron chi connectivity index (χ2n) is 3.11. The molecular weight excluding hydrogens is 133 g/mol. The van der Waals surface area contributed by atoms with Crippen LogP contribution in [0, 0.1) is 0 Å². The third kappa shape index (κ3) is 4.06. The molecular formula is C7H12FNO. The van der Waals surface area contributed by atoms with Gasteiger partial charge in [0.25, 0.3) is 5.91 Å². The topological polar surface area (TPSA) is 29.1 Å². The smallest absolute Gasteiger partial charge is 0.279 e. The van der Waals surface area contributed by atoms with E-state index < -0.39 is 17.3 Å². The van der Waals surface area contributed by atoms with E-state index in [1.54, 1.807) is 20.8 Å². The van der Waals surface area contributed by atoms with Crippen molar-refractivity contribution in [3.05, 3.63) is 12.4 Å². The number of halogens is 1. The molecule has 0 aliphatic rings. The van der Waals surface area contributed by atoms with Gasteiger partial charge in [-0.05, 0) is 20.8 Å². The normalized spacial score (nSPS) is 10.8. The van der Waals surface area contributed by atoms with Crippen molar-refractivity contribution in [1.82, 2.24) is 5.32 Å². The highest BCUT2D eigenvalue weighted by Crippen LogP contribution is 2.01. The Balaban J connectivity index is 3.93. The van der Waals surface area contributed by atoms with Gasteiger partial charge in [0.15, 0.2) is 5.83 Å². The molecule has 0 unspecified atom stereocenters. The number of carbonyl (C=O) groups excluding carboxylic acids is 1. The Morgan fingerprint density at radius 2 is 1.90 bits per heavy atom. The predicted molar refractivity (Wildman–Crippen MR) is 38.1 cm³/mol. The van der Waals surface area contributed by atoms with Gasteiger partial charge < -0.3 is 5.32 Å². The molecule has 0 saturated heterocycles. The average molecular weight is 145 g/mol. The molecule has 1 N–H and O–H groups in total. The van der Waals surface area contributed by atoms with Crippen molar-refractivity contribution >= 4 is 5.91 Å². The maximum absolute atomic E-state index is 12.0. The third-order valence-electron chi connectivity index (χ3n) is 0.735. The molecule has 0 aromatic heterocycles. The van der Waals surface area contributed by atoms with E-state index in [-0.39, 0.29) is 0 Å². The van der Waals surface area contributed by atoms with Crippen molar-refractivity contribution in [2.24, 2.45) is 0 Å². The molecule has 10 heavy (non-hydrogen) atoms. The summed E-state index contributed by atoms with van der Waals surface area (Å²) in [6.45, 7) is 8.18. The van der Waals surface area contributed by atoms with Crippen LogP contribution >= 0.6 is 0 Å². The molecule has 0 saturated carbocycles. The minimum atomic E-state index is -0.949. The van der Waals surface area contributed by atoms with E-state index in [1.165, 1.54) is 0 Å². The van der Waals surface area contributed by atoms with Gasteiger partial charge in [-0.15, -0.1) is 0 Å². The minimum absolute atomic E-state index is 0.397. The zero-order valence-corrected chi connectivity index (χ0v) is 6.49. The minimum Gasteiger partial charge on any atom is -0.345 e. The number of hydrogen-bond acceptors (Lipinski definition) is 1. The van der Waals surface area contributed by atoms with Crippen LogP contribution in [0.3, 0.4) is 0 Å². The molecule has 0 aliphatic heterocycles. The van der Waals surface area contributed by atoms with Crippen molar-refractivity contribution in [2.75, 3.05) is 0 Å². The summed E-state index contributed by atoms with van der Waals surface area (Å²) in [7, 11) is 0. The molecule has 0 rings (SSSR count). The Kier molecular flexibility index (Phi) is 2.57. The molecule has 0 aliphatic carbocycles. The zero-order valence-electron chi connectivity index (χ0n) is 6.49. The summed E-state index contributed by atoms with van der Waals surface area (Å²) in [5.74, 6) is -1.69. The molecule has 1 amide bonds. The standard InChI is InChI=1S/C7H12FNO/c1-5(8)6(10)9-7(2,3)4/h1H2,2-4H3,(H,9,10). The molecule has 0 radical (unpaired) electrons. The summed E-state index contributed by atoms with van der Waals surface area (Å²) in [4.78, 5) is 10.6. The van der Waals surface area contributed by atoms with Crippen LogP contribution in [0.4, 0.5) is 4.39 Å². The lowest BCUT2D eigenvalue weighted by Gasteiger charge is -2.19. The average Bonchev–Trinajstić information content (AvgIpc) is 1.60. The Morgan fingerprint density at radius 1 is 1.50 bits per heavy atom. The van der Waals surface area contributed by atoms with Crippen LogP contribution in [-0.4, -0.2) is 11.4 Å². The van der Waals surface area contributed by atoms with E-state index in [1.807, 2.05) is 0 Å². The fraction of sp³-hybridized carbons (Fsp3) is 0.571. The number of hydrogen-bond donors (Lipinski definition) is 1. The van der Waals surface area contributed by atoms with Crippen molar-refractivity contribution in [1.29, 1.82) is 0 Å². The van der Waals surface area contributed by atoms with E-state index in [9.17, 15) is 9.18 Å². The molecule has 0 aromatic rings. The van der Waals surface area contributed by atoms with Crippen molar-refractivity contribution in [2.45, 2.75) is 26.3 Å². The summed E-state index contributed by atoms with van der Waals surface area (Å²) < 4.78 is 12.0. The summed E-state index contributed by atoms with van der Waals surface area (Å²) in [6.07, 6.45) is 0. The van der Waals surface area contributed by atoms with Crippen LogP contribution in [0.15, 0.2) is 12.4 Å². The maximum atomic E-state index is 12.0. The third-order valence-corrected chi connectivity index (χ3v) is 0.735. The SMILES string of the molecule is C=C(F)C(=O)NC(C)(C)C. The molecule has 3 heteroatoms. The van der Waals surface area contributed by atoms with Gasteiger partial charge in [0, 0.05) is 5.54 Å². The van der Waals surface area contributed by atoms with Crippen LogP contribution in [0.5, 0.6) is 0 Å². The van der Waals surface area contributed by atoms with Crippen LogP contribution in [0.2, 0.25) is 0 Å². The summed E-state index contributed by atoms with van der Waals surface area (Å²) in [5.41, 5.74) is -0.397. The summed E-state index contributed by atoms with van der Waals surface area (Å²) in [6, 6.07) is 0. The Bertz CT molecular complexity index is 157. The van der Waals surface area contributed by atoms with E-state index in [4.69, 9.17) is 0 Å². The van der Waals surface area contributed by atoms with Gasteiger partial charge in [-0.25, -0.2) is 4.39 Å². The van der Waals surface area contributed by atoms with Crippen LogP contribution in [-0.2, 0) is 4.79 Å². The van der Waals surface area contributed by atoms with E-state index in [2.05, 4.69) is 11.9 Å². The lowest BCUT2D eigenvalue weighted by atomic mass is 10.1. The largest absolute Gasteiger partial charge is 0.345 e. The van der Waals surface area contributed by atoms with E-state index in [0.717, 1.165) is 0 Å². The molecule has 0 fully saturated rings. The highest BCUT2D eigenvalue weighted by molar-refractivity contribution is 5.90. The highest BCUT2D eigenvalue weighted by Gasteiger charge is 2.15. The lowest BCUT2D eigenvalue weighted by molar-refractivity contribution is -0.120. The molecule has 0 bridgehead atoms. The first-order valence-corrected chi connectivity index (χ1v) is 3.00. The van der Waals surface area contributed by atoms with Crippen molar-refractivity contribution < 1.29 is 9.18 Å². The fourth-order valence-corrected chi connectivity index (χ4v) is 0.408. The molecule has 0 aromatic carbocycles. The molecule has 58 valence electrons. The summed E-state index contributed by atoms with van der Waals surface area (Å²) in [5, 5.41) is 2.41. The Morgan fingerprint density at radius 3 is 2.00 bits per heavy atom. The number of rotatable bonds is 1. The summed E-state index contributed by atoms with van der Waals surface area (Å²) >= 11 is 0. The molecule has 0 heterocycles. The second-order valence-corrected chi connectivity index (χ2v) is 3.11. The van der Waals surface area contributed by atoms with Gasteiger partial charge >= 0.3 is 0 Å². The second kappa shape index (κ2) is 2.82. The molecule has 2 nitrogen and oxygen atoms in total. The fourth-order valence-electron chi connectivity index (χ4n) is 0.408. The first kappa shape index (κ1) is 9.14. The monoisotopic (exact) mass is 145 g/mol. The highest BCUT2D eigenvalue weighted by atomic mass is 19.1. The first-order valence-electron chi connectivity index (χ1n) is 3.00. The van der Waals surface area contributed by atoms with Crippen molar-refractivity contribution in [3.8, 4) is 0 Å². The van der Waals surface area contributed by atoms with Gasteiger partial charge in [-0.1, -0.05) is 6.58 Å². The Labute approximate surface area is 60.1 Å².